The lowest BCUT2D eigenvalue weighted by molar-refractivity contribution is 0.0341. The summed E-state index contributed by atoms with van der Waals surface area (Å²) in [4.78, 5) is 4.62. The molecular weight excluding hydrogens is 228 g/mol. The van der Waals surface area contributed by atoms with E-state index < -0.39 is 0 Å². The third kappa shape index (κ3) is 2.83. The van der Waals surface area contributed by atoms with E-state index in [9.17, 15) is 10.2 Å². The maximum atomic E-state index is 9.67. The van der Waals surface area contributed by atoms with Crippen molar-refractivity contribution in [3.8, 4) is 5.75 Å². The summed E-state index contributed by atoms with van der Waals surface area (Å²) in [6, 6.07) is 7.57. The monoisotopic (exact) mass is 250 g/mol. The normalized spacial score (nSPS) is 24.1. The van der Waals surface area contributed by atoms with Crippen LogP contribution < -0.4 is 0 Å². The van der Waals surface area contributed by atoms with Gasteiger partial charge in [-0.3, -0.25) is 4.90 Å². The fraction of sp³-hybridized carbons (Fsp3) is 0.571. The van der Waals surface area contributed by atoms with Gasteiger partial charge in [0.05, 0.1) is 12.6 Å². The lowest BCUT2D eigenvalue weighted by Gasteiger charge is -2.42. The van der Waals surface area contributed by atoms with Crippen molar-refractivity contribution in [2.24, 2.45) is 0 Å². The van der Waals surface area contributed by atoms with Gasteiger partial charge in [-0.15, -0.1) is 0 Å². The van der Waals surface area contributed by atoms with Crippen LogP contribution in [0.25, 0.3) is 0 Å². The Kier molecular flexibility index (Phi) is 4.22. The van der Waals surface area contributed by atoms with Gasteiger partial charge in [-0.05, 0) is 31.7 Å². The first kappa shape index (κ1) is 13.3. The Morgan fingerprint density at radius 3 is 2.78 bits per heavy atom. The second kappa shape index (κ2) is 5.69. The molecule has 1 saturated heterocycles. The minimum atomic E-state index is -0.0270. The number of aliphatic hydroxyl groups excluding tert-OH is 1. The van der Waals surface area contributed by atoms with Crippen LogP contribution in [0.2, 0.25) is 0 Å². The molecule has 1 aliphatic heterocycles. The first-order valence-corrected chi connectivity index (χ1v) is 6.46. The number of rotatable bonds is 3. The van der Waals surface area contributed by atoms with Crippen molar-refractivity contribution >= 4 is 0 Å². The summed E-state index contributed by atoms with van der Waals surface area (Å²) in [6.45, 7) is 5.23. The number of hydrogen-bond donors (Lipinski definition) is 2. The predicted molar refractivity (Wildman–Crippen MR) is 71.6 cm³/mol. The molecule has 4 nitrogen and oxygen atoms in total. The van der Waals surface area contributed by atoms with E-state index >= 15 is 0 Å². The van der Waals surface area contributed by atoms with Crippen molar-refractivity contribution in [1.82, 2.24) is 9.80 Å². The zero-order valence-corrected chi connectivity index (χ0v) is 11.1. The fourth-order valence-electron chi connectivity index (χ4n) is 2.75. The topological polar surface area (TPSA) is 46.9 Å². The molecule has 1 aromatic rings. The van der Waals surface area contributed by atoms with Crippen LogP contribution in [0.3, 0.4) is 0 Å². The highest BCUT2D eigenvalue weighted by molar-refractivity contribution is 5.29. The second-order valence-corrected chi connectivity index (χ2v) is 5.14. The van der Waals surface area contributed by atoms with Crippen molar-refractivity contribution in [3.05, 3.63) is 29.8 Å². The smallest absolute Gasteiger partial charge is 0.115 e. The van der Waals surface area contributed by atoms with Gasteiger partial charge in [-0.25, -0.2) is 0 Å². The standard InChI is InChI=1S/C14H22N2O2/c1-11-9-15(2)6-7-16(11)14(10-17)12-4-3-5-13(18)8-12/h3-5,8,11,14,17-18H,6-7,9-10H2,1-2H3. The number of phenols is 1. The summed E-state index contributed by atoms with van der Waals surface area (Å²) in [7, 11) is 2.12. The first-order valence-electron chi connectivity index (χ1n) is 6.46. The van der Waals surface area contributed by atoms with Crippen LogP contribution in [-0.4, -0.2) is 59.3 Å². The lowest BCUT2D eigenvalue weighted by Crippen LogP contribution is -2.52. The predicted octanol–water partition coefficient (Wildman–Crippen LogP) is 1.06. The summed E-state index contributed by atoms with van der Waals surface area (Å²) in [5.74, 6) is 0.257. The van der Waals surface area contributed by atoms with Gasteiger partial charge in [0, 0.05) is 25.7 Å². The van der Waals surface area contributed by atoms with Crippen molar-refractivity contribution in [2.45, 2.75) is 19.0 Å². The molecule has 100 valence electrons. The van der Waals surface area contributed by atoms with Gasteiger partial charge < -0.3 is 15.1 Å². The molecule has 18 heavy (non-hydrogen) atoms. The van der Waals surface area contributed by atoms with E-state index in [0.29, 0.717) is 6.04 Å². The highest BCUT2D eigenvalue weighted by atomic mass is 16.3. The van der Waals surface area contributed by atoms with Gasteiger partial charge in [0.25, 0.3) is 0 Å². The van der Waals surface area contributed by atoms with Crippen LogP contribution in [0.1, 0.15) is 18.5 Å². The number of aromatic hydroxyl groups is 1. The molecule has 1 aliphatic rings. The summed E-state index contributed by atoms with van der Waals surface area (Å²) < 4.78 is 0. The van der Waals surface area contributed by atoms with Gasteiger partial charge in [0.1, 0.15) is 5.75 Å². The molecule has 0 aliphatic carbocycles. The number of likely N-dealkylation sites (N-methyl/N-ethyl adjacent to an activating group) is 1. The molecule has 0 saturated carbocycles. The molecule has 0 aromatic heterocycles. The van der Waals surface area contributed by atoms with Crippen molar-refractivity contribution in [2.75, 3.05) is 33.3 Å². The molecule has 2 atom stereocenters. The molecular formula is C14H22N2O2. The molecule has 0 bridgehead atoms. The summed E-state index contributed by atoms with van der Waals surface area (Å²) in [5, 5.41) is 19.2. The molecule has 1 fully saturated rings. The largest absolute Gasteiger partial charge is 0.508 e. The summed E-state index contributed by atoms with van der Waals surface area (Å²) in [5.41, 5.74) is 0.980. The number of piperazine rings is 1. The Balaban J connectivity index is 2.18. The Hall–Kier alpha value is -1.10. The van der Waals surface area contributed by atoms with Crippen molar-refractivity contribution in [3.63, 3.8) is 0 Å². The fourth-order valence-corrected chi connectivity index (χ4v) is 2.75. The average Bonchev–Trinajstić information content (AvgIpc) is 2.33. The summed E-state index contributed by atoms with van der Waals surface area (Å²) >= 11 is 0. The van der Waals surface area contributed by atoms with E-state index in [2.05, 4.69) is 23.8 Å². The summed E-state index contributed by atoms with van der Waals surface area (Å²) in [6.07, 6.45) is 0. The molecule has 2 rings (SSSR count). The quantitative estimate of drug-likeness (QED) is 0.842. The maximum absolute atomic E-state index is 9.67. The number of nitrogens with zero attached hydrogens (tertiary/aromatic N) is 2. The van der Waals surface area contributed by atoms with Crippen LogP contribution in [0.15, 0.2) is 24.3 Å². The number of benzene rings is 1. The number of hydrogen-bond acceptors (Lipinski definition) is 4. The van der Waals surface area contributed by atoms with Crippen molar-refractivity contribution in [1.29, 1.82) is 0 Å². The second-order valence-electron chi connectivity index (χ2n) is 5.14. The Morgan fingerprint density at radius 2 is 2.17 bits per heavy atom. The van der Waals surface area contributed by atoms with Gasteiger partial charge in [0.15, 0.2) is 0 Å². The van der Waals surface area contributed by atoms with E-state index in [4.69, 9.17) is 0 Å². The third-order valence-electron chi connectivity index (χ3n) is 3.71. The zero-order valence-electron chi connectivity index (χ0n) is 11.1. The highest BCUT2D eigenvalue weighted by Crippen LogP contribution is 2.26. The van der Waals surface area contributed by atoms with Crippen LogP contribution in [-0.2, 0) is 0 Å². The highest BCUT2D eigenvalue weighted by Gasteiger charge is 2.28. The van der Waals surface area contributed by atoms with E-state index in [1.807, 2.05) is 12.1 Å². The minimum absolute atomic E-state index is 0.0270. The maximum Gasteiger partial charge on any atom is 0.115 e. The Labute approximate surface area is 108 Å². The van der Waals surface area contributed by atoms with Gasteiger partial charge in [-0.1, -0.05) is 12.1 Å². The van der Waals surface area contributed by atoms with Crippen LogP contribution in [0, 0.1) is 0 Å². The van der Waals surface area contributed by atoms with E-state index in [1.54, 1.807) is 12.1 Å². The van der Waals surface area contributed by atoms with E-state index in [-0.39, 0.29) is 18.4 Å². The molecule has 0 spiro atoms. The Morgan fingerprint density at radius 1 is 1.39 bits per heavy atom. The number of aliphatic hydroxyl groups is 1. The third-order valence-corrected chi connectivity index (χ3v) is 3.71. The SMILES string of the molecule is CC1CN(C)CCN1C(CO)c1cccc(O)c1. The van der Waals surface area contributed by atoms with Crippen LogP contribution in [0.4, 0.5) is 0 Å². The molecule has 1 aromatic carbocycles. The Bertz CT molecular complexity index is 397. The van der Waals surface area contributed by atoms with E-state index in [1.165, 1.54) is 0 Å². The zero-order chi connectivity index (χ0) is 13.1. The molecule has 0 amide bonds. The molecule has 4 heteroatoms. The number of phenolic OH excluding ortho intramolecular Hbond substituents is 1. The van der Waals surface area contributed by atoms with E-state index in [0.717, 1.165) is 25.2 Å². The van der Waals surface area contributed by atoms with Crippen LogP contribution >= 0.6 is 0 Å². The van der Waals surface area contributed by atoms with Gasteiger partial charge in [-0.2, -0.15) is 0 Å². The average molecular weight is 250 g/mol. The lowest BCUT2D eigenvalue weighted by atomic mass is 10.0. The van der Waals surface area contributed by atoms with Gasteiger partial charge >= 0.3 is 0 Å². The van der Waals surface area contributed by atoms with Gasteiger partial charge in [0.2, 0.25) is 0 Å². The molecule has 2 unspecified atom stereocenters. The molecule has 1 heterocycles. The molecule has 2 N–H and O–H groups in total. The van der Waals surface area contributed by atoms with Crippen molar-refractivity contribution < 1.29 is 10.2 Å². The minimum Gasteiger partial charge on any atom is -0.508 e. The van der Waals surface area contributed by atoms with Crippen LogP contribution in [0.5, 0.6) is 5.75 Å². The molecule has 0 radical (unpaired) electrons. The first-order chi connectivity index (χ1) is 8.61.